The maximum absolute atomic E-state index is 13.2. The van der Waals surface area contributed by atoms with Gasteiger partial charge in [0.1, 0.15) is 5.82 Å². The summed E-state index contributed by atoms with van der Waals surface area (Å²) in [7, 11) is 0. The van der Waals surface area contributed by atoms with Crippen molar-refractivity contribution in [3.05, 3.63) is 65.5 Å². The third-order valence-corrected chi connectivity index (χ3v) is 4.73. The summed E-state index contributed by atoms with van der Waals surface area (Å²) in [6.07, 6.45) is 1.65. The second-order valence-corrected chi connectivity index (χ2v) is 7.39. The van der Waals surface area contributed by atoms with Crippen molar-refractivity contribution in [3.63, 3.8) is 0 Å². The zero-order valence-corrected chi connectivity index (χ0v) is 16.2. The zero-order chi connectivity index (χ0) is 20.7. The quantitative estimate of drug-likeness (QED) is 0.459. The number of thioether (sulfide) groups is 1. The van der Waals surface area contributed by atoms with Crippen LogP contribution in [0.25, 0.3) is 0 Å². The Morgan fingerprint density at radius 2 is 1.82 bits per heavy atom. The van der Waals surface area contributed by atoms with Crippen LogP contribution >= 0.6 is 23.4 Å². The lowest BCUT2D eigenvalue weighted by atomic mass is 10.3. The third-order valence-electron chi connectivity index (χ3n) is 3.35. The highest BCUT2D eigenvalue weighted by Crippen LogP contribution is 2.27. The van der Waals surface area contributed by atoms with Crippen LogP contribution in [-0.2, 0) is 14.4 Å². The molecule has 28 heavy (non-hydrogen) atoms. The molecule has 0 bridgehead atoms. The number of nitrogens with one attached hydrogen (secondary N) is 2. The van der Waals surface area contributed by atoms with E-state index in [4.69, 9.17) is 16.7 Å². The van der Waals surface area contributed by atoms with Gasteiger partial charge in [0.15, 0.2) is 0 Å². The summed E-state index contributed by atoms with van der Waals surface area (Å²) in [5.74, 6) is -2.67. The molecule has 0 aliphatic carbocycles. The molecular weight excluding hydrogens is 407 g/mol. The van der Waals surface area contributed by atoms with Crippen molar-refractivity contribution in [2.24, 2.45) is 0 Å². The smallest absolute Gasteiger partial charge is 0.328 e. The second-order valence-electron chi connectivity index (χ2n) is 5.57. The van der Waals surface area contributed by atoms with E-state index in [1.807, 2.05) is 0 Å². The summed E-state index contributed by atoms with van der Waals surface area (Å²) in [6.45, 7) is 1.70. The topological polar surface area (TPSA) is 95.5 Å². The van der Waals surface area contributed by atoms with Gasteiger partial charge in [0, 0.05) is 28.4 Å². The first-order chi connectivity index (χ1) is 13.2. The molecule has 9 heteroatoms. The Morgan fingerprint density at radius 1 is 1.11 bits per heavy atom. The molecule has 0 fully saturated rings. The fourth-order valence-corrected chi connectivity index (χ4v) is 3.16. The van der Waals surface area contributed by atoms with Gasteiger partial charge in [-0.05, 0) is 43.3 Å². The molecule has 2 aromatic carbocycles. The number of anilines is 2. The summed E-state index contributed by atoms with van der Waals surface area (Å²) in [6, 6.07) is 10.7. The molecule has 3 N–H and O–H groups in total. The van der Waals surface area contributed by atoms with Crippen molar-refractivity contribution in [1.82, 2.24) is 0 Å². The van der Waals surface area contributed by atoms with E-state index < -0.39 is 22.9 Å². The van der Waals surface area contributed by atoms with Gasteiger partial charge in [-0.25, -0.2) is 9.18 Å². The first-order valence-electron chi connectivity index (χ1n) is 7.99. The van der Waals surface area contributed by atoms with Gasteiger partial charge in [-0.15, -0.1) is 11.8 Å². The molecule has 1 atom stereocenters. The summed E-state index contributed by atoms with van der Waals surface area (Å²) < 4.78 is 13.2. The normalized spacial score (nSPS) is 11.8. The molecule has 6 nitrogen and oxygen atoms in total. The molecular formula is C19H16ClFN2O4S. The largest absolute Gasteiger partial charge is 0.478 e. The van der Waals surface area contributed by atoms with Crippen molar-refractivity contribution in [1.29, 1.82) is 0 Å². The summed E-state index contributed by atoms with van der Waals surface area (Å²) in [5, 5.41) is 13.2. The van der Waals surface area contributed by atoms with E-state index in [0.717, 1.165) is 17.0 Å². The zero-order valence-electron chi connectivity index (χ0n) is 14.6. The number of hydrogen-bond donors (Lipinski definition) is 3. The molecule has 2 aromatic rings. The lowest BCUT2D eigenvalue weighted by Gasteiger charge is -2.13. The Labute approximate surface area is 169 Å². The number of carbonyl (C=O) groups is 3. The first-order valence-corrected chi connectivity index (χ1v) is 9.25. The van der Waals surface area contributed by atoms with Crippen LogP contribution in [0.15, 0.2) is 59.5 Å². The van der Waals surface area contributed by atoms with Gasteiger partial charge in [-0.3, -0.25) is 9.59 Å². The van der Waals surface area contributed by atoms with E-state index in [0.29, 0.717) is 11.4 Å². The monoisotopic (exact) mass is 422 g/mol. The van der Waals surface area contributed by atoms with Gasteiger partial charge in [0.2, 0.25) is 11.8 Å². The Hall–Kier alpha value is -2.84. The van der Waals surface area contributed by atoms with Crippen molar-refractivity contribution >= 4 is 52.5 Å². The van der Waals surface area contributed by atoms with Gasteiger partial charge < -0.3 is 15.7 Å². The van der Waals surface area contributed by atoms with E-state index >= 15 is 0 Å². The van der Waals surface area contributed by atoms with E-state index in [2.05, 4.69) is 10.6 Å². The van der Waals surface area contributed by atoms with E-state index in [-0.39, 0.29) is 10.9 Å². The molecule has 2 amide bonds. The molecule has 0 spiro atoms. The number of carboxylic acids is 1. The lowest BCUT2D eigenvalue weighted by Crippen LogP contribution is -2.22. The van der Waals surface area contributed by atoms with Gasteiger partial charge >= 0.3 is 5.97 Å². The molecule has 0 saturated heterocycles. The van der Waals surface area contributed by atoms with Crippen LogP contribution in [-0.4, -0.2) is 28.1 Å². The summed E-state index contributed by atoms with van der Waals surface area (Å²) in [4.78, 5) is 35.1. The average molecular weight is 423 g/mol. The molecule has 0 radical (unpaired) electrons. The van der Waals surface area contributed by atoms with Crippen molar-refractivity contribution < 1.29 is 23.9 Å². The number of benzene rings is 2. The number of amides is 2. The minimum atomic E-state index is -1.22. The fraction of sp³-hybridized carbons (Fsp3) is 0.105. The Bertz CT molecular complexity index is 936. The Balaban J connectivity index is 1.98. The van der Waals surface area contributed by atoms with Gasteiger partial charge in [-0.2, -0.15) is 0 Å². The Kier molecular flexibility index (Phi) is 7.60. The van der Waals surface area contributed by atoms with E-state index in [1.165, 1.54) is 30.0 Å². The highest BCUT2D eigenvalue weighted by Gasteiger charge is 2.15. The van der Waals surface area contributed by atoms with E-state index in [9.17, 15) is 18.8 Å². The van der Waals surface area contributed by atoms with Crippen molar-refractivity contribution in [2.45, 2.75) is 17.1 Å². The van der Waals surface area contributed by atoms with Crippen LogP contribution in [0.2, 0.25) is 5.02 Å². The average Bonchev–Trinajstić information content (AvgIpc) is 2.63. The highest BCUT2D eigenvalue weighted by atomic mass is 35.5. The van der Waals surface area contributed by atoms with Crippen LogP contribution in [0.5, 0.6) is 0 Å². The maximum atomic E-state index is 13.2. The molecule has 2 rings (SSSR count). The molecule has 0 saturated carbocycles. The number of carbonyl (C=O) groups excluding carboxylic acids is 2. The first kappa shape index (κ1) is 21.5. The van der Waals surface area contributed by atoms with E-state index in [1.54, 1.807) is 31.2 Å². The Morgan fingerprint density at radius 3 is 2.50 bits per heavy atom. The predicted molar refractivity (Wildman–Crippen MR) is 107 cm³/mol. The molecule has 0 aromatic heterocycles. The number of carboxylic acid groups (broad SMARTS) is 1. The van der Waals surface area contributed by atoms with Gasteiger partial charge in [-0.1, -0.05) is 17.7 Å². The van der Waals surface area contributed by atoms with Crippen LogP contribution < -0.4 is 10.6 Å². The van der Waals surface area contributed by atoms with Crippen LogP contribution in [0, 0.1) is 5.82 Å². The highest BCUT2D eigenvalue weighted by molar-refractivity contribution is 8.00. The molecule has 0 aliphatic rings. The molecule has 0 aliphatic heterocycles. The lowest BCUT2D eigenvalue weighted by molar-refractivity contribution is -0.131. The molecule has 0 heterocycles. The third kappa shape index (κ3) is 6.71. The number of halogens is 2. The second kappa shape index (κ2) is 9.91. The molecule has 1 unspecified atom stereocenters. The van der Waals surface area contributed by atoms with Gasteiger partial charge in [0.05, 0.1) is 10.3 Å². The van der Waals surface area contributed by atoms with Crippen molar-refractivity contribution in [3.8, 4) is 0 Å². The maximum Gasteiger partial charge on any atom is 0.328 e. The molecule has 146 valence electrons. The SMILES string of the molecule is CC(Sc1cccc(NC(=O)/C=C/C(=O)O)c1)C(=O)Nc1ccc(F)c(Cl)c1. The number of rotatable bonds is 7. The number of aliphatic carboxylic acids is 1. The van der Waals surface area contributed by atoms with Crippen LogP contribution in [0.4, 0.5) is 15.8 Å². The van der Waals surface area contributed by atoms with Crippen LogP contribution in [0.1, 0.15) is 6.92 Å². The minimum Gasteiger partial charge on any atom is -0.478 e. The minimum absolute atomic E-state index is 0.0847. The summed E-state index contributed by atoms with van der Waals surface area (Å²) in [5.41, 5.74) is 0.845. The predicted octanol–water partition coefficient (Wildman–Crippen LogP) is 4.18. The van der Waals surface area contributed by atoms with Gasteiger partial charge in [0.25, 0.3) is 0 Å². The number of hydrogen-bond acceptors (Lipinski definition) is 4. The fourth-order valence-electron chi connectivity index (χ4n) is 2.05. The van der Waals surface area contributed by atoms with Crippen LogP contribution in [0.3, 0.4) is 0 Å². The van der Waals surface area contributed by atoms with Crippen molar-refractivity contribution in [2.75, 3.05) is 10.6 Å². The standard InChI is InChI=1S/C19H16ClFN2O4S/c1-11(19(27)23-13-5-6-16(21)15(20)10-13)28-14-4-2-3-12(9-14)22-17(24)7-8-18(25)26/h2-11H,1H3,(H,22,24)(H,23,27)(H,25,26)/b8-7+. The summed E-state index contributed by atoms with van der Waals surface area (Å²) >= 11 is 6.96.